The number of Topliss-reactive ketones (excluding diaryl/α,β-unsaturated/α-hetero) is 1. The van der Waals surface area contributed by atoms with Gasteiger partial charge in [0.05, 0.1) is 6.04 Å². The maximum atomic E-state index is 12.1. The van der Waals surface area contributed by atoms with Gasteiger partial charge in [-0.2, -0.15) is 11.3 Å². The normalized spacial score (nSPS) is 12.4. The number of halogens is 1. The van der Waals surface area contributed by atoms with Crippen LogP contribution in [-0.4, -0.2) is 11.8 Å². The van der Waals surface area contributed by atoms with Crippen LogP contribution in [0.15, 0.2) is 45.6 Å². The summed E-state index contributed by atoms with van der Waals surface area (Å²) in [6.07, 6.45) is 0.571. The summed E-state index contributed by atoms with van der Waals surface area (Å²) in [5.74, 6) is -0.0121. The molecule has 0 aliphatic rings. The molecule has 4 heteroatoms. The molecule has 2 aromatic rings. The van der Waals surface area contributed by atoms with E-state index < -0.39 is 6.04 Å². The third-order valence-electron chi connectivity index (χ3n) is 2.52. The van der Waals surface area contributed by atoms with Gasteiger partial charge in [-0.3, -0.25) is 4.79 Å². The summed E-state index contributed by atoms with van der Waals surface area (Å²) in [5.41, 5.74) is 7.71. The highest BCUT2D eigenvalue weighted by Gasteiger charge is 2.18. The molecule has 0 fully saturated rings. The summed E-state index contributed by atoms with van der Waals surface area (Å²) in [6, 6.07) is 9.33. The van der Waals surface area contributed by atoms with Gasteiger partial charge >= 0.3 is 0 Å². The molecular formula is C13H12BrNOS. The molecule has 17 heavy (non-hydrogen) atoms. The van der Waals surface area contributed by atoms with E-state index in [2.05, 4.69) is 15.9 Å². The van der Waals surface area contributed by atoms with Crippen LogP contribution in [0.4, 0.5) is 0 Å². The molecule has 2 N–H and O–H groups in total. The van der Waals surface area contributed by atoms with Gasteiger partial charge in [0.15, 0.2) is 5.78 Å². The van der Waals surface area contributed by atoms with Crippen molar-refractivity contribution in [2.45, 2.75) is 12.5 Å². The minimum atomic E-state index is -0.483. The number of thiophene rings is 1. The summed E-state index contributed by atoms with van der Waals surface area (Å²) < 4.78 is 0.830. The van der Waals surface area contributed by atoms with Crippen LogP contribution in [0, 0.1) is 0 Å². The first-order valence-electron chi connectivity index (χ1n) is 5.24. The minimum absolute atomic E-state index is 0.0121. The highest BCUT2D eigenvalue weighted by molar-refractivity contribution is 9.10. The topological polar surface area (TPSA) is 43.1 Å². The fourth-order valence-corrected chi connectivity index (χ4v) is 3.10. The Hall–Kier alpha value is -0.970. The van der Waals surface area contributed by atoms with Gasteiger partial charge in [0, 0.05) is 20.8 Å². The molecular weight excluding hydrogens is 298 g/mol. The lowest BCUT2D eigenvalue weighted by atomic mass is 10.0. The lowest BCUT2D eigenvalue weighted by molar-refractivity contribution is 0.0960. The Morgan fingerprint density at radius 3 is 2.59 bits per heavy atom. The van der Waals surface area contributed by atoms with Crippen LogP contribution >= 0.6 is 27.3 Å². The van der Waals surface area contributed by atoms with Crippen LogP contribution in [0.3, 0.4) is 0 Å². The van der Waals surface area contributed by atoms with Gasteiger partial charge < -0.3 is 5.73 Å². The summed E-state index contributed by atoms with van der Waals surface area (Å²) in [6.45, 7) is 0. The van der Waals surface area contributed by atoms with Gasteiger partial charge in [-0.15, -0.1) is 0 Å². The van der Waals surface area contributed by atoms with Gasteiger partial charge in [0.2, 0.25) is 0 Å². The third kappa shape index (κ3) is 3.03. The Labute approximate surface area is 113 Å². The van der Waals surface area contributed by atoms with E-state index in [0.29, 0.717) is 12.0 Å². The Balaban J connectivity index is 2.09. The van der Waals surface area contributed by atoms with Crippen molar-refractivity contribution in [1.82, 2.24) is 0 Å². The van der Waals surface area contributed by atoms with Crippen molar-refractivity contribution in [3.05, 3.63) is 56.7 Å². The zero-order valence-electron chi connectivity index (χ0n) is 9.10. The molecule has 0 saturated heterocycles. The minimum Gasteiger partial charge on any atom is -0.321 e. The smallest absolute Gasteiger partial charge is 0.181 e. The Morgan fingerprint density at radius 1 is 1.29 bits per heavy atom. The van der Waals surface area contributed by atoms with Crippen LogP contribution in [0.2, 0.25) is 0 Å². The largest absolute Gasteiger partial charge is 0.321 e. The van der Waals surface area contributed by atoms with Gasteiger partial charge in [-0.25, -0.2) is 0 Å². The Bertz CT molecular complexity index is 509. The second kappa shape index (κ2) is 5.58. The SMILES string of the molecule is NC(Cc1ccccc1)C(=O)c1cscc1Br. The number of rotatable bonds is 4. The molecule has 1 atom stereocenters. The van der Waals surface area contributed by atoms with E-state index in [9.17, 15) is 4.79 Å². The Kier molecular flexibility index (Phi) is 4.10. The molecule has 0 bridgehead atoms. The average Bonchev–Trinajstić information content (AvgIpc) is 2.76. The number of hydrogen-bond acceptors (Lipinski definition) is 3. The van der Waals surface area contributed by atoms with E-state index in [0.717, 1.165) is 10.0 Å². The Morgan fingerprint density at radius 2 is 2.00 bits per heavy atom. The molecule has 0 radical (unpaired) electrons. The summed E-state index contributed by atoms with van der Waals surface area (Å²) in [5, 5.41) is 3.72. The average molecular weight is 310 g/mol. The van der Waals surface area contributed by atoms with E-state index in [4.69, 9.17) is 5.73 Å². The summed E-state index contributed by atoms with van der Waals surface area (Å²) in [7, 11) is 0. The second-order valence-corrected chi connectivity index (χ2v) is 5.39. The van der Waals surface area contributed by atoms with Crippen molar-refractivity contribution in [2.75, 3.05) is 0 Å². The molecule has 0 aliphatic heterocycles. The predicted octanol–water partition coefficient (Wildman–Crippen LogP) is 3.26. The fourth-order valence-electron chi connectivity index (χ4n) is 1.62. The standard InChI is InChI=1S/C13H12BrNOS/c14-11-8-17-7-10(11)13(16)12(15)6-9-4-2-1-3-5-9/h1-5,7-8,12H,6,15H2. The lowest BCUT2D eigenvalue weighted by Crippen LogP contribution is -2.32. The number of carbonyl (C=O) groups excluding carboxylic acids is 1. The van der Waals surface area contributed by atoms with E-state index in [1.165, 1.54) is 11.3 Å². The first-order valence-corrected chi connectivity index (χ1v) is 6.97. The van der Waals surface area contributed by atoms with E-state index in [1.807, 2.05) is 41.1 Å². The van der Waals surface area contributed by atoms with Crippen LogP contribution in [0.1, 0.15) is 15.9 Å². The summed E-state index contributed by atoms with van der Waals surface area (Å²) >= 11 is 4.85. The van der Waals surface area contributed by atoms with Gasteiger partial charge in [0.25, 0.3) is 0 Å². The molecule has 1 aromatic heterocycles. The van der Waals surface area contributed by atoms with Gasteiger partial charge in [-0.05, 0) is 27.9 Å². The molecule has 1 heterocycles. The van der Waals surface area contributed by atoms with Crippen molar-refractivity contribution in [1.29, 1.82) is 0 Å². The fraction of sp³-hybridized carbons (Fsp3) is 0.154. The molecule has 2 nitrogen and oxygen atoms in total. The number of hydrogen-bond donors (Lipinski definition) is 1. The monoisotopic (exact) mass is 309 g/mol. The van der Waals surface area contributed by atoms with Crippen LogP contribution in [-0.2, 0) is 6.42 Å². The molecule has 2 rings (SSSR count). The molecule has 1 aromatic carbocycles. The van der Waals surface area contributed by atoms with Crippen molar-refractivity contribution < 1.29 is 4.79 Å². The third-order valence-corrected chi connectivity index (χ3v) is 4.22. The lowest BCUT2D eigenvalue weighted by Gasteiger charge is -2.10. The van der Waals surface area contributed by atoms with Crippen LogP contribution in [0.25, 0.3) is 0 Å². The van der Waals surface area contributed by atoms with E-state index in [-0.39, 0.29) is 5.78 Å². The van der Waals surface area contributed by atoms with Crippen molar-refractivity contribution in [3.63, 3.8) is 0 Å². The first-order chi connectivity index (χ1) is 8.18. The summed E-state index contributed by atoms with van der Waals surface area (Å²) in [4.78, 5) is 12.1. The number of benzene rings is 1. The van der Waals surface area contributed by atoms with Crippen molar-refractivity contribution in [3.8, 4) is 0 Å². The molecule has 0 amide bonds. The zero-order chi connectivity index (χ0) is 12.3. The molecule has 1 unspecified atom stereocenters. The molecule has 0 aliphatic carbocycles. The van der Waals surface area contributed by atoms with E-state index >= 15 is 0 Å². The van der Waals surface area contributed by atoms with Crippen LogP contribution in [0.5, 0.6) is 0 Å². The zero-order valence-corrected chi connectivity index (χ0v) is 11.5. The van der Waals surface area contributed by atoms with Crippen LogP contribution < -0.4 is 5.73 Å². The van der Waals surface area contributed by atoms with Gasteiger partial charge in [0.1, 0.15) is 0 Å². The highest BCUT2D eigenvalue weighted by atomic mass is 79.9. The number of carbonyl (C=O) groups is 1. The first kappa shape index (κ1) is 12.5. The molecule has 88 valence electrons. The number of nitrogens with two attached hydrogens (primary N) is 1. The highest BCUT2D eigenvalue weighted by Crippen LogP contribution is 2.22. The van der Waals surface area contributed by atoms with Crippen molar-refractivity contribution in [2.24, 2.45) is 5.73 Å². The number of ketones is 1. The molecule has 0 spiro atoms. The maximum Gasteiger partial charge on any atom is 0.181 e. The second-order valence-electron chi connectivity index (χ2n) is 3.79. The van der Waals surface area contributed by atoms with Crippen molar-refractivity contribution >= 4 is 33.0 Å². The quantitative estimate of drug-likeness (QED) is 0.881. The predicted molar refractivity (Wildman–Crippen MR) is 74.5 cm³/mol. The molecule has 0 saturated carbocycles. The maximum absolute atomic E-state index is 12.1. The van der Waals surface area contributed by atoms with Gasteiger partial charge in [-0.1, -0.05) is 30.3 Å². The van der Waals surface area contributed by atoms with E-state index in [1.54, 1.807) is 0 Å².